The smallest absolute Gasteiger partial charge is 0.257 e. The van der Waals surface area contributed by atoms with E-state index in [1.807, 2.05) is 0 Å². The van der Waals surface area contributed by atoms with Gasteiger partial charge in [0.05, 0.1) is 6.20 Å². The number of hydrogen-bond donors (Lipinski definition) is 1. The number of ether oxygens (including phenoxy) is 1. The van der Waals surface area contributed by atoms with Gasteiger partial charge in [0, 0.05) is 6.54 Å². The predicted molar refractivity (Wildman–Crippen MR) is 68.1 cm³/mol. The van der Waals surface area contributed by atoms with Crippen molar-refractivity contribution in [2.45, 2.75) is 6.92 Å². The van der Waals surface area contributed by atoms with E-state index < -0.39 is 17.5 Å². The topological polar surface area (TPSA) is 51.2 Å². The Balaban J connectivity index is 2.31. The van der Waals surface area contributed by atoms with E-state index in [2.05, 4.69) is 10.3 Å². The van der Waals surface area contributed by atoms with E-state index in [-0.39, 0.29) is 11.4 Å². The standard InChI is InChI=1S/C14H11F2N2O2/c1-2-17-13(19)12-7-10(16)8-18-14(12)20-11-5-3-9(15)4-6-11/h2-8H,1H3,(H,17,19). The number of halogens is 2. The number of rotatable bonds is 4. The van der Waals surface area contributed by atoms with E-state index >= 15 is 0 Å². The Bertz CT molecular complexity index is 615. The average Bonchev–Trinajstić information content (AvgIpc) is 2.43. The van der Waals surface area contributed by atoms with Crippen molar-refractivity contribution in [2.75, 3.05) is 0 Å². The summed E-state index contributed by atoms with van der Waals surface area (Å²) in [5.41, 5.74) is -0.0487. The van der Waals surface area contributed by atoms with Gasteiger partial charge in [0.25, 0.3) is 5.91 Å². The first-order valence-corrected chi connectivity index (χ1v) is 5.78. The number of aromatic nitrogens is 1. The van der Waals surface area contributed by atoms with Gasteiger partial charge < -0.3 is 10.1 Å². The Morgan fingerprint density at radius 2 is 1.95 bits per heavy atom. The lowest BCUT2D eigenvalue weighted by Crippen LogP contribution is -2.20. The summed E-state index contributed by atoms with van der Waals surface area (Å²) in [5, 5.41) is 2.41. The first kappa shape index (κ1) is 13.9. The second-order valence-corrected chi connectivity index (χ2v) is 3.82. The minimum atomic E-state index is -0.655. The van der Waals surface area contributed by atoms with Crippen LogP contribution in [0.1, 0.15) is 17.3 Å². The fourth-order valence-corrected chi connectivity index (χ4v) is 1.49. The third kappa shape index (κ3) is 3.28. The summed E-state index contributed by atoms with van der Waals surface area (Å²) in [5.74, 6) is -1.38. The molecule has 0 saturated heterocycles. The maximum atomic E-state index is 13.2. The number of carbonyl (C=O) groups excluding carboxylic acids is 1. The molecule has 1 aromatic heterocycles. The first-order chi connectivity index (χ1) is 9.60. The summed E-state index contributed by atoms with van der Waals surface area (Å²) < 4.78 is 31.3. The molecule has 20 heavy (non-hydrogen) atoms. The van der Waals surface area contributed by atoms with Gasteiger partial charge in [0.2, 0.25) is 5.88 Å². The van der Waals surface area contributed by atoms with E-state index in [1.54, 1.807) is 6.92 Å². The molecule has 103 valence electrons. The largest absolute Gasteiger partial charge is 0.438 e. The fraction of sp³-hybridized carbons (Fsp3) is 0.0714. The molecule has 0 aliphatic heterocycles. The van der Waals surface area contributed by atoms with Crippen molar-refractivity contribution in [3.8, 4) is 11.6 Å². The van der Waals surface area contributed by atoms with Crippen molar-refractivity contribution in [1.29, 1.82) is 0 Å². The molecule has 0 bridgehead atoms. The van der Waals surface area contributed by atoms with Crippen LogP contribution < -0.4 is 10.1 Å². The molecule has 0 saturated carbocycles. The zero-order valence-electron chi connectivity index (χ0n) is 10.6. The van der Waals surface area contributed by atoms with Gasteiger partial charge in [-0.2, -0.15) is 0 Å². The van der Waals surface area contributed by atoms with E-state index in [9.17, 15) is 13.6 Å². The zero-order chi connectivity index (χ0) is 14.5. The van der Waals surface area contributed by atoms with Gasteiger partial charge in [-0.1, -0.05) is 0 Å². The lowest BCUT2D eigenvalue weighted by Gasteiger charge is -2.09. The summed E-state index contributed by atoms with van der Waals surface area (Å²) in [7, 11) is 0. The van der Waals surface area contributed by atoms with Crippen LogP contribution in [0.3, 0.4) is 0 Å². The van der Waals surface area contributed by atoms with Crippen molar-refractivity contribution < 1.29 is 18.3 Å². The van der Waals surface area contributed by atoms with Crippen LogP contribution in [0.4, 0.5) is 8.78 Å². The minimum Gasteiger partial charge on any atom is -0.438 e. The summed E-state index contributed by atoms with van der Waals surface area (Å²) >= 11 is 0. The van der Waals surface area contributed by atoms with Crippen LogP contribution >= 0.6 is 0 Å². The molecule has 1 heterocycles. The fourth-order valence-electron chi connectivity index (χ4n) is 1.49. The third-order valence-electron chi connectivity index (χ3n) is 2.37. The van der Waals surface area contributed by atoms with Crippen molar-refractivity contribution >= 4 is 5.91 Å². The van der Waals surface area contributed by atoms with Gasteiger partial charge in [-0.05, 0) is 37.3 Å². The zero-order valence-corrected chi connectivity index (χ0v) is 10.6. The highest BCUT2D eigenvalue weighted by atomic mass is 19.1. The summed E-state index contributed by atoms with van der Waals surface area (Å²) in [6, 6.07) is 6.20. The molecule has 0 aliphatic carbocycles. The number of hydrogen-bond acceptors (Lipinski definition) is 3. The number of nitrogens with one attached hydrogen (secondary N) is 1. The molecule has 1 amide bonds. The van der Waals surface area contributed by atoms with E-state index in [0.717, 1.165) is 12.3 Å². The molecular formula is C14H11F2N2O2. The van der Waals surface area contributed by atoms with Crippen LogP contribution in [-0.4, -0.2) is 10.9 Å². The second-order valence-electron chi connectivity index (χ2n) is 3.82. The molecule has 6 heteroatoms. The van der Waals surface area contributed by atoms with E-state index in [1.165, 1.54) is 30.8 Å². The summed E-state index contributed by atoms with van der Waals surface area (Å²) in [6.07, 6.45) is 0.936. The maximum absolute atomic E-state index is 13.2. The molecule has 0 unspecified atom stereocenters. The molecule has 1 N–H and O–H groups in total. The first-order valence-electron chi connectivity index (χ1n) is 5.78. The average molecular weight is 277 g/mol. The van der Waals surface area contributed by atoms with Crippen molar-refractivity contribution in [2.24, 2.45) is 0 Å². The van der Waals surface area contributed by atoms with E-state index in [4.69, 9.17) is 4.74 Å². The van der Waals surface area contributed by atoms with Crippen molar-refractivity contribution in [1.82, 2.24) is 10.3 Å². The lowest BCUT2D eigenvalue weighted by atomic mass is 10.2. The Morgan fingerprint density at radius 1 is 1.25 bits per heavy atom. The Kier molecular flexibility index (Phi) is 4.24. The van der Waals surface area contributed by atoms with Gasteiger partial charge in [-0.25, -0.2) is 13.8 Å². The van der Waals surface area contributed by atoms with Crippen LogP contribution in [0.15, 0.2) is 36.5 Å². The summed E-state index contributed by atoms with van der Waals surface area (Å²) in [6.45, 7) is 3.03. The van der Waals surface area contributed by atoms with Gasteiger partial charge in [-0.15, -0.1) is 0 Å². The maximum Gasteiger partial charge on any atom is 0.257 e. The van der Waals surface area contributed by atoms with Crippen molar-refractivity contribution in [3.63, 3.8) is 0 Å². The number of benzene rings is 1. The summed E-state index contributed by atoms with van der Waals surface area (Å²) in [4.78, 5) is 15.5. The highest BCUT2D eigenvalue weighted by Crippen LogP contribution is 2.23. The van der Waals surface area contributed by atoms with Gasteiger partial charge in [0.15, 0.2) is 0 Å². The van der Waals surface area contributed by atoms with Crippen molar-refractivity contribution in [3.05, 3.63) is 60.3 Å². The molecular weight excluding hydrogens is 266 g/mol. The molecule has 4 nitrogen and oxygen atoms in total. The molecule has 2 aromatic rings. The van der Waals surface area contributed by atoms with Crippen LogP contribution in [0, 0.1) is 18.2 Å². The van der Waals surface area contributed by atoms with E-state index in [0.29, 0.717) is 5.75 Å². The molecule has 0 atom stereocenters. The third-order valence-corrected chi connectivity index (χ3v) is 2.37. The molecule has 1 aromatic carbocycles. The lowest BCUT2D eigenvalue weighted by molar-refractivity contribution is 0.0961. The number of amides is 1. The molecule has 2 rings (SSSR count). The highest BCUT2D eigenvalue weighted by molar-refractivity contribution is 5.96. The molecule has 0 fully saturated rings. The Hall–Kier alpha value is -2.50. The number of pyridine rings is 1. The molecule has 0 aliphatic rings. The van der Waals surface area contributed by atoms with Gasteiger partial charge >= 0.3 is 0 Å². The SMILES string of the molecule is C[CH]NC(=O)c1cc(F)cnc1Oc1ccc(F)cc1. The van der Waals surface area contributed by atoms with Crippen LogP contribution in [0.2, 0.25) is 0 Å². The second kappa shape index (κ2) is 6.10. The van der Waals surface area contributed by atoms with Gasteiger partial charge in [-0.3, -0.25) is 4.79 Å². The van der Waals surface area contributed by atoms with Crippen LogP contribution in [0.25, 0.3) is 0 Å². The predicted octanol–water partition coefficient (Wildman–Crippen LogP) is 3.06. The minimum absolute atomic E-state index is 0.0487. The Labute approximate surface area is 114 Å². The molecule has 1 radical (unpaired) electrons. The Morgan fingerprint density at radius 3 is 2.60 bits per heavy atom. The highest BCUT2D eigenvalue weighted by Gasteiger charge is 2.15. The van der Waals surface area contributed by atoms with Crippen LogP contribution in [-0.2, 0) is 0 Å². The number of carbonyl (C=O) groups is 1. The number of nitrogens with zero attached hydrogens (tertiary/aromatic N) is 1. The molecule has 0 spiro atoms. The quantitative estimate of drug-likeness (QED) is 0.934. The normalized spacial score (nSPS) is 10.2. The van der Waals surface area contributed by atoms with Crippen LogP contribution in [0.5, 0.6) is 11.6 Å². The monoisotopic (exact) mass is 277 g/mol. The van der Waals surface area contributed by atoms with Gasteiger partial charge in [0.1, 0.15) is 22.9 Å².